The van der Waals surface area contributed by atoms with Crippen LogP contribution in [0.5, 0.6) is 5.75 Å². The maximum absolute atomic E-state index is 13.3. The van der Waals surface area contributed by atoms with Gasteiger partial charge in [0, 0.05) is 5.56 Å². The van der Waals surface area contributed by atoms with E-state index in [0.717, 1.165) is 18.2 Å². The van der Waals surface area contributed by atoms with Crippen molar-refractivity contribution < 1.29 is 27.5 Å². The van der Waals surface area contributed by atoms with E-state index in [4.69, 9.17) is 10.5 Å². The molecule has 3 N–H and O–H groups in total. The molecule has 11 heteroatoms. The number of hydrogen-bond donors (Lipinski definition) is 2. The van der Waals surface area contributed by atoms with E-state index < -0.39 is 23.6 Å². The van der Waals surface area contributed by atoms with Crippen LogP contribution in [0.4, 0.5) is 18.9 Å². The molecule has 0 unspecified atom stereocenters. The van der Waals surface area contributed by atoms with Gasteiger partial charge in [-0.25, -0.2) is 9.97 Å². The summed E-state index contributed by atoms with van der Waals surface area (Å²) in [7, 11) is 0. The Bertz CT molecular complexity index is 1400. The van der Waals surface area contributed by atoms with Crippen LogP contribution in [-0.2, 0) is 6.18 Å². The second-order valence-electron chi connectivity index (χ2n) is 7.55. The number of anilines is 1. The summed E-state index contributed by atoms with van der Waals surface area (Å²) in [6.07, 6.45) is -2.80. The fraction of sp³-hybridized carbons (Fsp3) is 0.167. The number of alkyl halides is 3. The molecule has 2 amide bonds. The van der Waals surface area contributed by atoms with Gasteiger partial charge in [0.1, 0.15) is 17.8 Å². The maximum atomic E-state index is 13.3. The molecule has 2 aromatic carbocycles. The number of aromatic nitrogens is 3. The van der Waals surface area contributed by atoms with E-state index in [-0.39, 0.29) is 35.1 Å². The Kier molecular flexibility index (Phi) is 6.41. The highest BCUT2D eigenvalue weighted by molar-refractivity contribution is 6.06. The molecule has 0 aliphatic heterocycles. The van der Waals surface area contributed by atoms with Crippen LogP contribution in [0.2, 0.25) is 0 Å². The van der Waals surface area contributed by atoms with Crippen LogP contribution in [0.15, 0.2) is 60.9 Å². The molecular weight excluding hydrogens is 463 g/mol. The number of halogens is 3. The van der Waals surface area contributed by atoms with Gasteiger partial charge < -0.3 is 15.8 Å². The predicted octanol–water partition coefficient (Wildman–Crippen LogP) is 4.56. The first-order chi connectivity index (χ1) is 16.7. The topological polar surface area (TPSA) is 112 Å². The number of carbonyl (C=O) groups excluding carboxylic acids is 2. The molecule has 2 heterocycles. The van der Waals surface area contributed by atoms with Crippen LogP contribution >= 0.6 is 0 Å². The van der Waals surface area contributed by atoms with Crippen molar-refractivity contribution in [2.45, 2.75) is 19.5 Å². The van der Waals surface area contributed by atoms with E-state index in [1.54, 1.807) is 30.3 Å². The van der Waals surface area contributed by atoms with Crippen molar-refractivity contribution >= 4 is 23.1 Å². The molecule has 0 fully saturated rings. The number of benzene rings is 2. The number of nitrogens with zero attached hydrogens (tertiary/aromatic N) is 3. The highest BCUT2D eigenvalue weighted by Crippen LogP contribution is 2.35. The SMILES string of the molecule is CCCOc1ccc(C(F)(F)F)cc1NC(=O)c1cc(-c2ccccc2)nc2c(C(N)=O)ncn12. The minimum Gasteiger partial charge on any atom is -0.491 e. The quantitative estimate of drug-likeness (QED) is 0.400. The number of hydrogen-bond acceptors (Lipinski definition) is 5. The Balaban J connectivity index is 1.82. The minimum atomic E-state index is -4.62. The number of ether oxygens (including phenoxy) is 1. The first-order valence-corrected chi connectivity index (χ1v) is 10.6. The summed E-state index contributed by atoms with van der Waals surface area (Å²) in [5, 5.41) is 2.50. The Hall–Kier alpha value is -4.41. The highest BCUT2D eigenvalue weighted by atomic mass is 19.4. The summed E-state index contributed by atoms with van der Waals surface area (Å²) >= 11 is 0. The fourth-order valence-electron chi connectivity index (χ4n) is 3.40. The minimum absolute atomic E-state index is 0.0206. The molecule has 35 heavy (non-hydrogen) atoms. The second kappa shape index (κ2) is 9.45. The molecule has 0 radical (unpaired) electrons. The van der Waals surface area contributed by atoms with Gasteiger partial charge in [-0.05, 0) is 30.7 Å². The van der Waals surface area contributed by atoms with Crippen molar-refractivity contribution in [3.63, 3.8) is 0 Å². The molecule has 0 spiro atoms. The van der Waals surface area contributed by atoms with Crippen molar-refractivity contribution in [1.29, 1.82) is 0 Å². The van der Waals surface area contributed by atoms with Gasteiger partial charge in [0.25, 0.3) is 11.8 Å². The van der Waals surface area contributed by atoms with Gasteiger partial charge in [-0.2, -0.15) is 13.2 Å². The van der Waals surface area contributed by atoms with Gasteiger partial charge >= 0.3 is 6.18 Å². The number of rotatable bonds is 7. The summed E-state index contributed by atoms with van der Waals surface area (Å²) < 4.78 is 46.7. The van der Waals surface area contributed by atoms with Crippen LogP contribution in [0.3, 0.4) is 0 Å². The van der Waals surface area contributed by atoms with Gasteiger partial charge in [-0.15, -0.1) is 0 Å². The van der Waals surface area contributed by atoms with Crippen molar-refractivity contribution in [1.82, 2.24) is 14.4 Å². The molecule has 0 bridgehead atoms. The van der Waals surface area contributed by atoms with E-state index in [1.165, 1.54) is 16.8 Å². The fourth-order valence-corrected chi connectivity index (χ4v) is 3.40. The molecular formula is C24H20F3N5O3. The van der Waals surface area contributed by atoms with Gasteiger partial charge in [-0.3, -0.25) is 14.0 Å². The number of fused-ring (bicyclic) bond motifs is 1. The lowest BCUT2D eigenvalue weighted by molar-refractivity contribution is -0.137. The zero-order chi connectivity index (χ0) is 25.2. The predicted molar refractivity (Wildman–Crippen MR) is 122 cm³/mol. The highest BCUT2D eigenvalue weighted by Gasteiger charge is 2.31. The number of nitrogens with one attached hydrogen (secondary N) is 1. The van der Waals surface area contributed by atoms with E-state index >= 15 is 0 Å². The monoisotopic (exact) mass is 483 g/mol. The number of primary amides is 1. The lowest BCUT2D eigenvalue weighted by atomic mass is 10.1. The summed E-state index contributed by atoms with van der Waals surface area (Å²) in [6, 6.07) is 13.1. The first-order valence-electron chi connectivity index (χ1n) is 10.6. The molecule has 0 saturated heterocycles. The Labute approximate surface area is 197 Å². The third-order valence-corrected chi connectivity index (χ3v) is 5.05. The van der Waals surface area contributed by atoms with Gasteiger partial charge in [0.2, 0.25) is 0 Å². The third kappa shape index (κ3) is 4.93. The van der Waals surface area contributed by atoms with Crippen LogP contribution in [0.25, 0.3) is 16.9 Å². The molecule has 0 aliphatic carbocycles. The standard InChI is InChI=1S/C24H20F3N5O3/c1-2-10-35-19-9-8-15(24(25,26)27)11-17(19)31-23(34)18-12-16(14-6-4-3-5-7-14)30-22-20(21(28)33)29-13-32(18)22/h3-9,11-13H,2,10H2,1H3,(H2,28,33)(H,31,34). The normalized spacial score (nSPS) is 11.4. The second-order valence-corrected chi connectivity index (χ2v) is 7.55. The lowest BCUT2D eigenvalue weighted by Gasteiger charge is -2.16. The smallest absolute Gasteiger partial charge is 0.416 e. The average Bonchev–Trinajstić information content (AvgIpc) is 3.27. The molecule has 180 valence electrons. The Morgan fingerprint density at radius 1 is 1.11 bits per heavy atom. The van der Waals surface area contributed by atoms with E-state index in [1.807, 2.05) is 6.92 Å². The van der Waals surface area contributed by atoms with Crippen molar-refractivity contribution in [2.24, 2.45) is 5.73 Å². The average molecular weight is 483 g/mol. The summed E-state index contributed by atoms with van der Waals surface area (Å²) in [6.45, 7) is 2.09. The lowest BCUT2D eigenvalue weighted by Crippen LogP contribution is -2.19. The number of carbonyl (C=O) groups is 2. The molecule has 0 aliphatic rings. The summed E-state index contributed by atoms with van der Waals surface area (Å²) in [5.74, 6) is -1.52. The zero-order valence-electron chi connectivity index (χ0n) is 18.5. The van der Waals surface area contributed by atoms with E-state index in [0.29, 0.717) is 17.7 Å². The van der Waals surface area contributed by atoms with Crippen LogP contribution in [0, 0.1) is 0 Å². The Morgan fingerprint density at radius 3 is 2.51 bits per heavy atom. The number of amides is 2. The molecule has 8 nitrogen and oxygen atoms in total. The van der Waals surface area contributed by atoms with Crippen LogP contribution < -0.4 is 15.8 Å². The first kappa shape index (κ1) is 23.7. The van der Waals surface area contributed by atoms with Gasteiger partial charge in [-0.1, -0.05) is 37.3 Å². The molecule has 2 aromatic heterocycles. The molecule has 0 atom stereocenters. The largest absolute Gasteiger partial charge is 0.491 e. The summed E-state index contributed by atoms with van der Waals surface area (Å²) in [4.78, 5) is 33.6. The maximum Gasteiger partial charge on any atom is 0.416 e. The van der Waals surface area contributed by atoms with Crippen LogP contribution in [-0.4, -0.2) is 32.8 Å². The number of nitrogens with two attached hydrogens (primary N) is 1. The van der Waals surface area contributed by atoms with E-state index in [9.17, 15) is 22.8 Å². The van der Waals surface area contributed by atoms with Crippen molar-refractivity contribution in [2.75, 3.05) is 11.9 Å². The Morgan fingerprint density at radius 2 is 1.86 bits per heavy atom. The van der Waals surface area contributed by atoms with E-state index in [2.05, 4.69) is 15.3 Å². The zero-order valence-corrected chi connectivity index (χ0v) is 18.5. The number of imidazole rings is 1. The van der Waals surface area contributed by atoms with Crippen molar-refractivity contribution in [3.8, 4) is 17.0 Å². The van der Waals surface area contributed by atoms with Crippen LogP contribution in [0.1, 0.15) is 39.9 Å². The molecule has 0 saturated carbocycles. The van der Waals surface area contributed by atoms with Gasteiger partial charge in [0.15, 0.2) is 11.3 Å². The third-order valence-electron chi connectivity index (χ3n) is 5.05. The summed E-state index contributed by atoms with van der Waals surface area (Å²) in [5.41, 5.74) is 5.17. The molecule has 4 aromatic rings. The van der Waals surface area contributed by atoms with Gasteiger partial charge in [0.05, 0.1) is 23.6 Å². The van der Waals surface area contributed by atoms with Crippen molar-refractivity contribution in [3.05, 3.63) is 77.9 Å². The molecule has 4 rings (SSSR count).